The molecule has 7 heteroatoms. The average Bonchev–Trinajstić information content (AvgIpc) is 2.30. The van der Waals surface area contributed by atoms with Gasteiger partial charge in [-0.15, -0.1) is 0 Å². The SMILES string of the molecule is CC(=O)OC[C@H](CO)c1ccccn1.NC(=O)O. The summed E-state index contributed by atoms with van der Waals surface area (Å²) < 4.78 is 4.81. The van der Waals surface area contributed by atoms with Crippen molar-refractivity contribution in [2.45, 2.75) is 12.8 Å². The van der Waals surface area contributed by atoms with Crippen molar-refractivity contribution >= 4 is 12.1 Å². The lowest BCUT2D eigenvalue weighted by molar-refractivity contribution is -0.141. The first kappa shape index (κ1) is 15.9. The highest BCUT2D eigenvalue weighted by molar-refractivity contribution is 5.65. The number of esters is 1. The van der Waals surface area contributed by atoms with Gasteiger partial charge in [0.15, 0.2) is 0 Å². The summed E-state index contributed by atoms with van der Waals surface area (Å²) in [5.74, 6) is -0.584. The number of primary amides is 1. The van der Waals surface area contributed by atoms with Crippen molar-refractivity contribution < 1.29 is 24.5 Å². The van der Waals surface area contributed by atoms with Gasteiger partial charge in [0.05, 0.1) is 12.5 Å². The van der Waals surface area contributed by atoms with Gasteiger partial charge in [-0.25, -0.2) is 4.79 Å². The molecule has 0 fully saturated rings. The maximum Gasteiger partial charge on any atom is 0.402 e. The summed E-state index contributed by atoms with van der Waals surface area (Å²) >= 11 is 0. The van der Waals surface area contributed by atoms with Crippen LogP contribution in [-0.4, -0.2) is 40.5 Å². The second-order valence-corrected chi connectivity index (χ2v) is 3.27. The Morgan fingerprint density at radius 2 is 2.11 bits per heavy atom. The minimum Gasteiger partial charge on any atom is -0.465 e. The van der Waals surface area contributed by atoms with Crippen LogP contribution in [0, 0.1) is 0 Å². The van der Waals surface area contributed by atoms with E-state index in [0.717, 1.165) is 5.69 Å². The van der Waals surface area contributed by atoms with Crippen molar-refractivity contribution in [3.05, 3.63) is 30.1 Å². The van der Waals surface area contributed by atoms with Gasteiger partial charge in [-0.2, -0.15) is 0 Å². The zero-order valence-electron chi connectivity index (χ0n) is 9.94. The van der Waals surface area contributed by atoms with Crippen molar-refractivity contribution in [2.75, 3.05) is 13.2 Å². The minimum atomic E-state index is -1.33. The number of aliphatic hydroxyl groups excluding tert-OH is 1. The molecular formula is C11H16N2O5. The molecule has 0 spiro atoms. The molecule has 1 aromatic heterocycles. The van der Waals surface area contributed by atoms with E-state index in [0.29, 0.717) is 0 Å². The Morgan fingerprint density at radius 1 is 1.50 bits per heavy atom. The second kappa shape index (κ2) is 8.94. The van der Waals surface area contributed by atoms with Crippen LogP contribution >= 0.6 is 0 Å². The molecule has 0 saturated carbocycles. The van der Waals surface area contributed by atoms with E-state index in [-0.39, 0.29) is 25.1 Å². The number of ether oxygens (including phenoxy) is 1. The zero-order chi connectivity index (χ0) is 14.0. The van der Waals surface area contributed by atoms with E-state index in [4.69, 9.17) is 19.7 Å². The molecule has 0 aliphatic carbocycles. The topological polar surface area (TPSA) is 123 Å². The molecule has 0 aromatic carbocycles. The van der Waals surface area contributed by atoms with Gasteiger partial charge in [-0.3, -0.25) is 9.78 Å². The van der Waals surface area contributed by atoms with E-state index in [1.54, 1.807) is 18.3 Å². The minimum absolute atomic E-state index is 0.0791. The molecule has 0 unspecified atom stereocenters. The molecule has 1 aromatic rings. The van der Waals surface area contributed by atoms with Gasteiger partial charge in [-0.1, -0.05) is 6.07 Å². The number of aromatic nitrogens is 1. The van der Waals surface area contributed by atoms with E-state index in [9.17, 15) is 4.79 Å². The molecule has 18 heavy (non-hydrogen) atoms. The molecule has 0 radical (unpaired) electrons. The molecule has 4 N–H and O–H groups in total. The third kappa shape index (κ3) is 8.05. The molecule has 1 rings (SSSR count). The first-order chi connectivity index (χ1) is 8.47. The van der Waals surface area contributed by atoms with E-state index < -0.39 is 6.09 Å². The number of hydrogen-bond acceptors (Lipinski definition) is 5. The Morgan fingerprint density at radius 3 is 2.50 bits per heavy atom. The third-order valence-corrected chi connectivity index (χ3v) is 1.81. The van der Waals surface area contributed by atoms with Crippen LogP contribution < -0.4 is 5.73 Å². The fraction of sp³-hybridized carbons (Fsp3) is 0.364. The van der Waals surface area contributed by atoms with Crippen molar-refractivity contribution in [3.8, 4) is 0 Å². The molecule has 0 aliphatic heterocycles. The summed E-state index contributed by atoms with van der Waals surface area (Å²) in [4.78, 5) is 23.4. The Labute approximate surface area is 104 Å². The number of nitrogens with zero attached hydrogens (tertiary/aromatic N) is 1. The van der Waals surface area contributed by atoms with Crippen LogP contribution in [0.15, 0.2) is 24.4 Å². The van der Waals surface area contributed by atoms with Gasteiger partial charge in [0.2, 0.25) is 0 Å². The number of pyridine rings is 1. The van der Waals surface area contributed by atoms with Gasteiger partial charge in [0.25, 0.3) is 0 Å². The lowest BCUT2D eigenvalue weighted by Crippen LogP contribution is -2.15. The number of nitrogens with two attached hydrogens (primary N) is 1. The van der Waals surface area contributed by atoms with E-state index >= 15 is 0 Å². The number of rotatable bonds is 4. The second-order valence-electron chi connectivity index (χ2n) is 3.27. The number of amides is 1. The number of aliphatic hydroxyl groups is 1. The predicted octanol–water partition coefficient (Wildman–Crippen LogP) is 0.344. The monoisotopic (exact) mass is 256 g/mol. The Balaban J connectivity index is 0.000000631. The van der Waals surface area contributed by atoms with E-state index in [1.807, 2.05) is 6.07 Å². The average molecular weight is 256 g/mol. The van der Waals surface area contributed by atoms with Gasteiger partial charge >= 0.3 is 12.1 Å². The molecular weight excluding hydrogens is 240 g/mol. The third-order valence-electron chi connectivity index (χ3n) is 1.81. The van der Waals surface area contributed by atoms with Crippen LogP contribution in [0.1, 0.15) is 18.5 Å². The van der Waals surface area contributed by atoms with Gasteiger partial charge in [0, 0.05) is 18.8 Å². The summed E-state index contributed by atoms with van der Waals surface area (Å²) in [6.07, 6.45) is 0.311. The maximum atomic E-state index is 10.6. The highest BCUT2D eigenvalue weighted by Crippen LogP contribution is 2.12. The molecule has 7 nitrogen and oxygen atoms in total. The standard InChI is InChI=1S/C10H13NO3.CH3NO2/c1-8(13)14-7-9(6-12)10-4-2-3-5-11-10;2-1(3)4/h2-5,9,12H,6-7H2,1H3;2H2,(H,3,4)/t9-;/m0./s1. The summed E-state index contributed by atoms with van der Waals surface area (Å²) in [5, 5.41) is 16.3. The van der Waals surface area contributed by atoms with Gasteiger partial charge < -0.3 is 20.7 Å². The first-order valence-corrected chi connectivity index (χ1v) is 5.11. The molecule has 1 heterocycles. The Bertz CT molecular complexity index is 365. The first-order valence-electron chi connectivity index (χ1n) is 5.11. The fourth-order valence-corrected chi connectivity index (χ4v) is 1.07. The molecule has 1 amide bonds. The van der Waals surface area contributed by atoms with Crippen LogP contribution in [0.2, 0.25) is 0 Å². The Hall–Kier alpha value is -2.15. The van der Waals surface area contributed by atoms with Gasteiger partial charge in [-0.05, 0) is 12.1 Å². The summed E-state index contributed by atoms with van der Waals surface area (Å²) in [6.45, 7) is 1.43. The Kier molecular flexibility index (Phi) is 7.87. The highest BCUT2D eigenvalue weighted by atomic mass is 16.5. The van der Waals surface area contributed by atoms with Crippen molar-refractivity contribution in [1.29, 1.82) is 0 Å². The van der Waals surface area contributed by atoms with E-state index in [2.05, 4.69) is 10.7 Å². The lowest BCUT2D eigenvalue weighted by Gasteiger charge is -2.12. The summed E-state index contributed by atoms with van der Waals surface area (Å²) in [6, 6.07) is 5.42. The molecule has 0 aliphatic rings. The smallest absolute Gasteiger partial charge is 0.402 e. The molecule has 0 bridgehead atoms. The predicted molar refractivity (Wildman–Crippen MR) is 62.9 cm³/mol. The van der Waals surface area contributed by atoms with Crippen molar-refractivity contribution in [1.82, 2.24) is 4.98 Å². The largest absolute Gasteiger partial charge is 0.465 e. The van der Waals surface area contributed by atoms with Gasteiger partial charge in [0.1, 0.15) is 6.61 Å². The highest BCUT2D eigenvalue weighted by Gasteiger charge is 2.12. The molecule has 1 atom stereocenters. The van der Waals surface area contributed by atoms with E-state index in [1.165, 1.54) is 6.92 Å². The van der Waals surface area contributed by atoms with Crippen molar-refractivity contribution in [2.24, 2.45) is 5.73 Å². The lowest BCUT2D eigenvalue weighted by atomic mass is 10.1. The number of carbonyl (C=O) groups excluding carboxylic acids is 1. The van der Waals surface area contributed by atoms with Crippen LogP contribution in [0.4, 0.5) is 4.79 Å². The molecule has 100 valence electrons. The normalized spacial score (nSPS) is 10.8. The maximum absolute atomic E-state index is 10.6. The summed E-state index contributed by atoms with van der Waals surface area (Å²) in [5.41, 5.74) is 4.76. The quantitative estimate of drug-likeness (QED) is 0.668. The summed E-state index contributed by atoms with van der Waals surface area (Å²) in [7, 11) is 0. The van der Waals surface area contributed by atoms with Crippen molar-refractivity contribution in [3.63, 3.8) is 0 Å². The van der Waals surface area contributed by atoms with Crippen LogP contribution in [-0.2, 0) is 9.53 Å². The zero-order valence-corrected chi connectivity index (χ0v) is 9.94. The molecule has 0 saturated heterocycles. The van der Waals surface area contributed by atoms with Crippen LogP contribution in [0.5, 0.6) is 0 Å². The van der Waals surface area contributed by atoms with Crippen LogP contribution in [0.25, 0.3) is 0 Å². The number of carboxylic acid groups (broad SMARTS) is 1. The number of carbonyl (C=O) groups is 2. The fourth-order valence-electron chi connectivity index (χ4n) is 1.07. The number of hydrogen-bond donors (Lipinski definition) is 3. The van der Waals surface area contributed by atoms with Crippen LogP contribution in [0.3, 0.4) is 0 Å².